The van der Waals surface area contributed by atoms with Gasteiger partial charge in [0.1, 0.15) is 17.5 Å². The van der Waals surface area contributed by atoms with Gasteiger partial charge in [-0.05, 0) is 51.1 Å². The third-order valence-corrected chi connectivity index (χ3v) is 6.18. The second-order valence-corrected chi connectivity index (χ2v) is 8.54. The van der Waals surface area contributed by atoms with E-state index >= 15 is 0 Å². The van der Waals surface area contributed by atoms with Gasteiger partial charge in [0, 0.05) is 31.1 Å². The number of carbonyl (C=O) groups excluding carboxylic acids is 1. The van der Waals surface area contributed by atoms with Crippen molar-refractivity contribution in [1.29, 1.82) is 0 Å². The molecule has 3 aromatic rings. The lowest BCUT2D eigenvalue weighted by atomic mass is 9.96. The molecule has 1 fully saturated rings. The number of aromatic nitrogens is 5. The lowest BCUT2D eigenvalue weighted by Crippen LogP contribution is -2.40. The molecule has 0 spiro atoms. The largest absolute Gasteiger partial charge is 0.342 e. The number of nitrogens with zero attached hydrogens (tertiary/aromatic N) is 6. The van der Waals surface area contributed by atoms with Crippen LogP contribution in [0.1, 0.15) is 48.3 Å². The van der Waals surface area contributed by atoms with Crippen molar-refractivity contribution >= 4 is 17.2 Å². The van der Waals surface area contributed by atoms with Gasteiger partial charge < -0.3 is 4.90 Å². The van der Waals surface area contributed by atoms with E-state index in [-0.39, 0.29) is 11.8 Å². The number of amides is 1. The predicted octanol–water partition coefficient (Wildman–Crippen LogP) is 3.52. The summed E-state index contributed by atoms with van der Waals surface area (Å²) in [5.41, 5.74) is 1.95. The Bertz CT molecular complexity index is 997. The number of thiophene rings is 1. The maximum absolute atomic E-state index is 12.8. The van der Waals surface area contributed by atoms with Crippen molar-refractivity contribution in [1.82, 2.24) is 29.6 Å². The maximum atomic E-state index is 12.8. The number of hydrogen-bond acceptors (Lipinski definition) is 6. The molecule has 29 heavy (non-hydrogen) atoms. The Balaban J connectivity index is 1.44. The Hall–Kier alpha value is -2.61. The number of hydrogen-bond donors (Lipinski definition) is 0. The van der Waals surface area contributed by atoms with Gasteiger partial charge in [-0.3, -0.25) is 4.79 Å². The second-order valence-electron chi connectivity index (χ2n) is 7.59. The van der Waals surface area contributed by atoms with Gasteiger partial charge in [-0.2, -0.15) is 5.10 Å². The van der Waals surface area contributed by atoms with Crippen LogP contribution in [0.4, 0.5) is 0 Å². The fourth-order valence-corrected chi connectivity index (χ4v) is 4.56. The van der Waals surface area contributed by atoms with E-state index in [0.29, 0.717) is 19.5 Å². The van der Waals surface area contributed by atoms with E-state index in [1.54, 1.807) is 11.3 Å². The zero-order valence-electron chi connectivity index (χ0n) is 17.1. The fraction of sp³-hybridized carbons (Fsp3) is 0.476. The first-order chi connectivity index (χ1) is 14.0. The molecule has 0 radical (unpaired) electrons. The molecule has 1 aliphatic heterocycles. The van der Waals surface area contributed by atoms with E-state index in [0.717, 1.165) is 53.1 Å². The van der Waals surface area contributed by atoms with Crippen molar-refractivity contribution in [3.8, 4) is 10.6 Å². The van der Waals surface area contributed by atoms with Crippen LogP contribution in [0.25, 0.3) is 10.6 Å². The Morgan fingerprint density at radius 1 is 1.24 bits per heavy atom. The summed E-state index contributed by atoms with van der Waals surface area (Å²) in [6.45, 7) is 7.84. The highest BCUT2D eigenvalue weighted by Gasteiger charge is 2.27. The third kappa shape index (κ3) is 4.53. The molecule has 1 aliphatic rings. The van der Waals surface area contributed by atoms with Crippen LogP contribution in [-0.2, 0) is 11.3 Å². The van der Waals surface area contributed by atoms with Crippen LogP contribution < -0.4 is 0 Å². The van der Waals surface area contributed by atoms with Crippen LogP contribution in [0.2, 0.25) is 0 Å². The highest BCUT2D eigenvalue weighted by Crippen LogP contribution is 2.29. The molecular weight excluding hydrogens is 384 g/mol. The van der Waals surface area contributed by atoms with Crippen molar-refractivity contribution in [2.45, 2.75) is 52.5 Å². The molecule has 0 N–H and O–H groups in total. The monoisotopic (exact) mass is 410 g/mol. The summed E-state index contributed by atoms with van der Waals surface area (Å²) in [7, 11) is 0. The molecule has 4 rings (SSSR count). The number of rotatable bonds is 5. The molecule has 0 aliphatic carbocycles. The molecule has 1 amide bonds. The lowest BCUT2D eigenvalue weighted by Gasteiger charge is -2.32. The normalized spacial score (nSPS) is 16.9. The minimum absolute atomic E-state index is 0.161. The molecule has 1 saturated heterocycles. The Labute approximate surface area is 174 Å². The molecule has 3 aromatic heterocycles. The van der Waals surface area contributed by atoms with Gasteiger partial charge in [-0.1, -0.05) is 6.07 Å². The van der Waals surface area contributed by atoms with E-state index < -0.39 is 0 Å². The van der Waals surface area contributed by atoms with Crippen molar-refractivity contribution < 1.29 is 4.79 Å². The molecule has 1 atom stereocenters. The lowest BCUT2D eigenvalue weighted by molar-refractivity contribution is -0.132. The molecule has 0 aromatic carbocycles. The van der Waals surface area contributed by atoms with E-state index in [9.17, 15) is 4.79 Å². The number of likely N-dealkylation sites (tertiary alicyclic amines) is 1. The SMILES string of the molecule is Cc1cc(-c2cccs2)nc(C2CCCN(C(=O)CCn3nc(C)nc3C)C2)n1. The first-order valence-corrected chi connectivity index (χ1v) is 10.9. The third-order valence-electron chi connectivity index (χ3n) is 5.28. The van der Waals surface area contributed by atoms with Crippen molar-refractivity contribution in [2.24, 2.45) is 0 Å². The van der Waals surface area contributed by atoms with Gasteiger partial charge in [-0.25, -0.2) is 19.6 Å². The average Bonchev–Trinajstić information content (AvgIpc) is 3.35. The molecule has 7 nitrogen and oxygen atoms in total. The zero-order valence-corrected chi connectivity index (χ0v) is 17.9. The van der Waals surface area contributed by atoms with E-state index in [2.05, 4.69) is 21.5 Å². The van der Waals surface area contributed by atoms with Crippen LogP contribution in [-0.4, -0.2) is 48.6 Å². The minimum Gasteiger partial charge on any atom is -0.342 e. The Morgan fingerprint density at radius 3 is 2.83 bits per heavy atom. The van der Waals surface area contributed by atoms with E-state index in [1.165, 1.54) is 0 Å². The summed E-state index contributed by atoms with van der Waals surface area (Å²) in [4.78, 5) is 29.8. The summed E-state index contributed by atoms with van der Waals surface area (Å²) < 4.78 is 1.81. The van der Waals surface area contributed by atoms with Gasteiger partial charge in [0.25, 0.3) is 0 Å². The second kappa shape index (κ2) is 8.41. The van der Waals surface area contributed by atoms with Gasteiger partial charge >= 0.3 is 0 Å². The first-order valence-electron chi connectivity index (χ1n) is 10.0. The highest BCUT2D eigenvalue weighted by molar-refractivity contribution is 7.13. The number of carbonyl (C=O) groups is 1. The summed E-state index contributed by atoms with van der Waals surface area (Å²) in [5, 5.41) is 6.41. The summed E-state index contributed by atoms with van der Waals surface area (Å²) in [6, 6.07) is 6.15. The molecule has 152 valence electrons. The van der Waals surface area contributed by atoms with Crippen LogP contribution in [0.15, 0.2) is 23.6 Å². The molecule has 0 bridgehead atoms. The molecule has 8 heteroatoms. The number of aryl methyl sites for hydroxylation is 4. The standard InChI is InChI=1S/C21H26N6OS/c1-14-12-18(19-7-5-11-29-19)24-21(22-14)17-6-4-9-26(13-17)20(28)8-10-27-16(3)23-15(2)25-27/h5,7,11-12,17H,4,6,8-10,13H2,1-3H3. The smallest absolute Gasteiger partial charge is 0.224 e. The zero-order chi connectivity index (χ0) is 20.4. The van der Waals surface area contributed by atoms with Crippen molar-refractivity contribution in [3.05, 3.63) is 46.7 Å². The van der Waals surface area contributed by atoms with Gasteiger partial charge in [0.2, 0.25) is 5.91 Å². The van der Waals surface area contributed by atoms with Crippen molar-refractivity contribution in [3.63, 3.8) is 0 Å². The minimum atomic E-state index is 0.161. The summed E-state index contributed by atoms with van der Waals surface area (Å²) >= 11 is 1.68. The van der Waals surface area contributed by atoms with Crippen LogP contribution in [0.5, 0.6) is 0 Å². The highest BCUT2D eigenvalue weighted by atomic mass is 32.1. The predicted molar refractivity (Wildman–Crippen MR) is 113 cm³/mol. The molecule has 4 heterocycles. The first kappa shape index (κ1) is 19.7. The van der Waals surface area contributed by atoms with E-state index in [4.69, 9.17) is 9.97 Å². The van der Waals surface area contributed by atoms with Gasteiger partial charge in [0.05, 0.1) is 17.1 Å². The van der Waals surface area contributed by atoms with Crippen molar-refractivity contribution in [2.75, 3.05) is 13.1 Å². The Kier molecular flexibility index (Phi) is 5.71. The van der Waals surface area contributed by atoms with Gasteiger partial charge in [-0.15, -0.1) is 11.3 Å². The topological polar surface area (TPSA) is 76.8 Å². The van der Waals surface area contributed by atoms with Crippen LogP contribution in [0.3, 0.4) is 0 Å². The molecule has 0 saturated carbocycles. The number of piperidine rings is 1. The van der Waals surface area contributed by atoms with E-state index in [1.807, 2.05) is 42.5 Å². The fourth-order valence-electron chi connectivity index (χ4n) is 3.87. The average molecular weight is 411 g/mol. The molecular formula is C21H26N6OS. The maximum Gasteiger partial charge on any atom is 0.224 e. The molecule has 1 unspecified atom stereocenters. The van der Waals surface area contributed by atoms with Crippen LogP contribution >= 0.6 is 11.3 Å². The van der Waals surface area contributed by atoms with Gasteiger partial charge in [0.15, 0.2) is 0 Å². The summed E-state index contributed by atoms with van der Waals surface area (Å²) in [5.74, 6) is 2.79. The van der Waals surface area contributed by atoms with Crippen LogP contribution in [0, 0.1) is 20.8 Å². The Morgan fingerprint density at radius 2 is 2.10 bits per heavy atom. The quantitative estimate of drug-likeness (QED) is 0.643. The summed E-state index contributed by atoms with van der Waals surface area (Å²) in [6.07, 6.45) is 2.42.